The lowest BCUT2D eigenvalue weighted by atomic mass is 10.0. The van der Waals surface area contributed by atoms with Gasteiger partial charge in [0.05, 0.1) is 31.3 Å². The average Bonchev–Trinajstić information content (AvgIpc) is 3.32. The minimum atomic E-state index is -0.257. The molecule has 2 atom stereocenters. The molecule has 0 amide bonds. The van der Waals surface area contributed by atoms with E-state index in [-0.39, 0.29) is 24.5 Å². The molecule has 1 aromatic carbocycles. The molecule has 1 aliphatic rings. The molecule has 1 aliphatic heterocycles. The number of methoxy groups -OCH3 is 1. The number of thiocarbonyl (C=S) groups is 1. The molecule has 4 rings (SSSR count). The van der Waals surface area contributed by atoms with Crippen molar-refractivity contribution in [3.8, 4) is 5.69 Å². The second-order valence-electron chi connectivity index (χ2n) is 7.22. The Balaban J connectivity index is 1.79. The van der Waals surface area contributed by atoms with E-state index >= 15 is 0 Å². The van der Waals surface area contributed by atoms with Crippen LogP contribution in [0.25, 0.3) is 5.69 Å². The lowest BCUT2D eigenvalue weighted by molar-refractivity contribution is -0.140. The van der Waals surface area contributed by atoms with Crippen LogP contribution in [0.2, 0.25) is 0 Å². The molecule has 0 bridgehead atoms. The normalized spacial score (nSPS) is 18.3. The maximum absolute atomic E-state index is 11.8. The fourth-order valence-electron chi connectivity index (χ4n) is 4.00. The molecule has 1 fully saturated rings. The summed E-state index contributed by atoms with van der Waals surface area (Å²) in [7, 11) is 1.40. The number of para-hydroxylation sites is 1. The summed E-state index contributed by atoms with van der Waals surface area (Å²) in [6.45, 7) is 2.55. The van der Waals surface area contributed by atoms with Crippen molar-refractivity contribution < 1.29 is 9.53 Å². The second-order valence-corrected chi connectivity index (χ2v) is 7.60. The first-order valence-corrected chi connectivity index (χ1v) is 10.3. The number of hydrogen-bond donors (Lipinski definition) is 1. The van der Waals surface area contributed by atoms with Gasteiger partial charge in [0, 0.05) is 29.8 Å². The number of nitrogens with zero attached hydrogens (tertiary/aromatic N) is 3. The summed E-state index contributed by atoms with van der Waals surface area (Å²) in [5.41, 5.74) is 4.21. The zero-order valence-corrected chi connectivity index (χ0v) is 17.8. The first-order valence-electron chi connectivity index (χ1n) is 9.88. The van der Waals surface area contributed by atoms with Gasteiger partial charge in [0.2, 0.25) is 0 Å². The molecule has 3 aromatic rings. The highest BCUT2D eigenvalue weighted by Crippen LogP contribution is 2.40. The van der Waals surface area contributed by atoms with Gasteiger partial charge in [0.15, 0.2) is 5.11 Å². The van der Waals surface area contributed by atoms with Gasteiger partial charge in [-0.25, -0.2) is 0 Å². The van der Waals surface area contributed by atoms with Crippen LogP contribution in [-0.2, 0) is 9.53 Å². The first kappa shape index (κ1) is 20.1. The van der Waals surface area contributed by atoms with Crippen LogP contribution in [0, 0.1) is 6.92 Å². The van der Waals surface area contributed by atoms with Crippen molar-refractivity contribution >= 4 is 23.3 Å². The van der Waals surface area contributed by atoms with Crippen LogP contribution in [0.5, 0.6) is 0 Å². The molecule has 30 heavy (non-hydrogen) atoms. The number of benzene rings is 1. The zero-order chi connectivity index (χ0) is 21.1. The van der Waals surface area contributed by atoms with E-state index in [9.17, 15) is 4.79 Å². The first-order chi connectivity index (χ1) is 14.6. The summed E-state index contributed by atoms with van der Waals surface area (Å²) in [5, 5.41) is 4.04. The minimum Gasteiger partial charge on any atom is -0.469 e. The Hall–Kier alpha value is -3.19. The number of aryl methyl sites for hydroxylation is 1. The number of aromatic nitrogens is 2. The molecule has 7 heteroatoms. The van der Waals surface area contributed by atoms with E-state index in [1.54, 1.807) is 6.20 Å². The highest BCUT2D eigenvalue weighted by molar-refractivity contribution is 7.80. The topological polar surface area (TPSA) is 59.4 Å². The predicted octanol–water partition coefficient (Wildman–Crippen LogP) is 3.72. The Morgan fingerprint density at radius 3 is 2.60 bits per heavy atom. The van der Waals surface area contributed by atoms with Crippen molar-refractivity contribution in [3.05, 3.63) is 83.9 Å². The molecular formula is C23H24N4O2S. The molecule has 0 aliphatic carbocycles. The minimum absolute atomic E-state index is 0.119. The van der Waals surface area contributed by atoms with Crippen LogP contribution in [-0.4, -0.2) is 39.2 Å². The number of carbonyl (C=O) groups excluding carboxylic acids is 1. The summed E-state index contributed by atoms with van der Waals surface area (Å²) >= 11 is 5.68. The number of esters is 1. The Labute approximate surface area is 181 Å². The molecule has 0 radical (unpaired) electrons. The quantitative estimate of drug-likeness (QED) is 0.485. The molecule has 154 valence electrons. The maximum Gasteiger partial charge on any atom is 0.307 e. The van der Waals surface area contributed by atoms with Crippen molar-refractivity contribution in [2.45, 2.75) is 25.4 Å². The molecule has 1 saturated heterocycles. The fourth-order valence-corrected chi connectivity index (χ4v) is 4.33. The summed E-state index contributed by atoms with van der Waals surface area (Å²) in [5.74, 6) is -0.257. The van der Waals surface area contributed by atoms with E-state index in [0.717, 1.165) is 22.8 Å². The monoisotopic (exact) mass is 420 g/mol. The molecule has 0 saturated carbocycles. The van der Waals surface area contributed by atoms with Crippen LogP contribution in [0.4, 0.5) is 0 Å². The summed E-state index contributed by atoms with van der Waals surface area (Å²) < 4.78 is 7.09. The van der Waals surface area contributed by atoms with Gasteiger partial charge in [-0.15, -0.1) is 0 Å². The maximum atomic E-state index is 11.8. The lowest BCUT2D eigenvalue weighted by Crippen LogP contribution is -2.32. The lowest BCUT2D eigenvalue weighted by Gasteiger charge is -2.29. The van der Waals surface area contributed by atoms with Crippen LogP contribution < -0.4 is 5.32 Å². The number of pyridine rings is 1. The van der Waals surface area contributed by atoms with E-state index < -0.39 is 0 Å². The van der Waals surface area contributed by atoms with E-state index in [4.69, 9.17) is 17.0 Å². The van der Waals surface area contributed by atoms with Gasteiger partial charge in [0.25, 0.3) is 0 Å². The third-order valence-electron chi connectivity index (χ3n) is 5.41. The molecule has 6 nitrogen and oxygen atoms in total. The molecule has 3 heterocycles. The van der Waals surface area contributed by atoms with E-state index in [2.05, 4.69) is 51.0 Å². The third-order valence-corrected chi connectivity index (χ3v) is 5.76. The zero-order valence-electron chi connectivity index (χ0n) is 17.0. The second kappa shape index (κ2) is 8.67. The number of carbonyl (C=O) groups is 1. The smallest absolute Gasteiger partial charge is 0.307 e. The predicted molar refractivity (Wildman–Crippen MR) is 119 cm³/mol. The van der Waals surface area contributed by atoms with Crippen molar-refractivity contribution in [2.75, 3.05) is 13.7 Å². The Morgan fingerprint density at radius 2 is 1.90 bits per heavy atom. The van der Waals surface area contributed by atoms with Crippen LogP contribution in [0.3, 0.4) is 0 Å². The summed E-state index contributed by atoms with van der Waals surface area (Å²) in [6.07, 6.45) is 2.05. The highest BCUT2D eigenvalue weighted by atomic mass is 32.1. The highest BCUT2D eigenvalue weighted by Gasteiger charge is 2.41. The van der Waals surface area contributed by atoms with Crippen molar-refractivity contribution in [1.29, 1.82) is 0 Å². The number of hydrogen-bond acceptors (Lipinski definition) is 4. The molecule has 1 N–H and O–H groups in total. The van der Waals surface area contributed by atoms with Gasteiger partial charge in [-0.05, 0) is 55.5 Å². The van der Waals surface area contributed by atoms with Gasteiger partial charge >= 0.3 is 5.97 Å². The van der Waals surface area contributed by atoms with Crippen LogP contribution in [0.1, 0.15) is 35.6 Å². The Bertz CT molecular complexity index is 1040. The van der Waals surface area contributed by atoms with E-state index in [1.165, 1.54) is 7.11 Å². The van der Waals surface area contributed by atoms with Crippen LogP contribution in [0.15, 0.2) is 66.9 Å². The van der Waals surface area contributed by atoms with Crippen molar-refractivity contribution in [3.63, 3.8) is 0 Å². The van der Waals surface area contributed by atoms with E-state index in [0.29, 0.717) is 11.7 Å². The average molecular weight is 421 g/mol. The van der Waals surface area contributed by atoms with Gasteiger partial charge < -0.3 is 19.5 Å². The largest absolute Gasteiger partial charge is 0.469 e. The molecule has 0 unspecified atom stereocenters. The number of rotatable bonds is 6. The molecule has 2 aromatic heterocycles. The van der Waals surface area contributed by atoms with Gasteiger partial charge in [-0.2, -0.15) is 0 Å². The summed E-state index contributed by atoms with van der Waals surface area (Å²) in [6, 6.07) is 20.1. The van der Waals surface area contributed by atoms with Crippen molar-refractivity contribution in [2.24, 2.45) is 0 Å². The molecular weight excluding hydrogens is 396 g/mol. The van der Waals surface area contributed by atoms with Gasteiger partial charge in [-0.1, -0.05) is 24.3 Å². The summed E-state index contributed by atoms with van der Waals surface area (Å²) in [4.78, 5) is 18.5. The van der Waals surface area contributed by atoms with Gasteiger partial charge in [0.1, 0.15) is 0 Å². The third kappa shape index (κ3) is 3.80. The van der Waals surface area contributed by atoms with Crippen molar-refractivity contribution in [1.82, 2.24) is 19.8 Å². The fraction of sp³-hybridized carbons (Fsp3) is 0.261. The Kier molecular flexibility index (Phi) is 5.81. The van der Waals surface area contributed by atoms with Gasteiger partial charge in [-0.3, -0.25) is 9.78 Å². The number of ether oxygens (including phenoxy) is 1. The van der Waals surface area contributed by atoms with E-state index in [1.807, 2.05) is 36.4 Å². The molecule has 0 spiro atoms. The number of nitrogens with one attached hydrogen (secondary N) is 1. The SMILES string of the molecule is COC(=O)CCN1C(=S)N[C@H](c2ccccn2)[C@H]1c1ccc(C)n1-c1ccccc1. The standard InChI is InChI=1S/C23H24N4O2S/c1-16-11-12-19(27(16)17-8-4-3-5-9-17)22-21(18-10-6-7-14-24-18)25-23(30)26(22)15-13-20(28)29-2/h3-12,14,21-22H,13,15H2,1-2H3,(H,25,30)/t21-,22-/m1/s1. The Morgan fingerprint density at radius 1 is 1.13 bits per heavy atom. The van der Waals surface area contributed by atoms with Crippen LogP contribution >= 0.6 is 12.2 Å².